The first kappa shape index (κ1) is 23.0. The Morgan fingerprint density at radius 3 is 2.69 bits per heavy atom. The van der Waals surface area contributed by atoms with Crippen LogP contribution in [0.1, 0.15) is 56.9 Å². The minimum absolute atomic E-state index is 0.0132. The first-order chi connectivity index (χ1) is 13.8. The number of piperidine rings is 1. The Kier molecular flexibility index (Phi) is 8.76. The quantitative estimate of drug-likeness (QED) is 0.426. The fraction of sp³-hybridized carbons (Fsp3) is 0.545. The number of unbranched alkanes of at least 4 members (excludes halogenated alkanes) is 1. The average Bonchev–Trinajstić information content (AvgIpc) is 2.70. The molecule has 1 aromatic carbocycles. The molecule has 1 aliphatic heterocycles. The normalized spacial score (nSPS) is 18.9. The van der Waals surface area contributed by atoms with E-state index in [-0.39, 0.29) is 30.4 Å². The molecule has 29 heavy (non-hydrogen) atoms. The van der Waals surface area contributed by atoms with E-state index < -0.39 is 18.0 Å². The molecule has 1 saturated heterocycles. The number of carbonyl (C=O) groups excluding carboxylic acids is 1. The van der Waals surface area contributed by atoms with Crippen molar-refractivity contribution < 1.29 is 28.6 Å². The van der Waals surface area contributed by atoms with Gasteiger partial charge in [0.2, 0.25) is 5.91 Å². The number of alkyl halides is 2. The van der Waals surface area contributed by atoms with Gasteiger partial charge in [-0.2, -0.15) is 8.78 Å². The third-order valence-electron chi connectivity index (χ3n) is 5.27. The largest absolute Gasteiger partial charge is 0.481 e. The maximum absolute atomic E-state index is 14.5. The van der Waals surface area contributed by atoms with Gasteiger partial charge in [-0.1, -0.05) is 42.5 Å². The lowest BCUT2D eigenvalue weighted by Crippen LogP contribution is -2.44. The number of carbonyl (C=O) groups is 2. The molecule has 2 rings (SSSR count). The van der Waals surface area contributed by atoms with Crippen molar-refractivity contribution in [1.82, 2.24) is 4.90 Å². The molecule has 0 saturated carbocycles. The summed E-state index contributed by atoms with van der Waals surface area (Å²) < 4.78 is 28.9. The van der Waals surface area contributed by atoms with Gasteiger partial charge in [-0.3, -0.25) is 9.59 Å². The lowest BCUT2D eigenvalue weighted by molar-refractivity contribution is -0.138. The first-order valence-electron chi connectivity index (χ1n) is 10.1. The van der Waals surface area contributed by atoms with Gasteiger partial charge in [0.25, 0.3) is 5.92 Å². The van der Waals surface area contributed by atoms with E-state index in [0.717, 1.165) is 6.42 Å². The second-order valence-corrected chi connectivity index (χ2v) is 7.43. The molecule has 160 valence electrons. The topological polar surface area (TPSA) is 77.8 Å². The zero-order chi connectivity index (χ0) is 21.3. The van der Waals surface area contributed by atoms with E-state index in [1.165, 1.54) is 24.3 Å². The molecular weight excluding hydrogens is 380 g/mol. The number of aliphatic carboxylic acids is 1. The van der Waals surface area contributed by atoms with Crippen LogP contribution in [-0.4, -0.2) is 45.7 Å². The van der Waals surface area contributed by atoms with Crippen LogP contribution < -0.4 is 0 Å². The summed E-state index contributed by atoms with van der Waals surface area (Å²) in [5.74, 6) is -4.19. The fourth-order valence-corrected chi connectivity index (χ4v) is 3.60. The summed E-state index contributed by atoms with van der Waals surface area (Å²) in [7, 11) is 0. The smallest absolute Gasteiger partial charge is 0.303 e. The summed E-state index contributed by atoms with van der Waals surface area (Å²) in [6, 6.07) is 7.10. The summed E-state index contributed by atoms with van der Waals surface area (Å²) >= 11 is 0. The molecule has 0 bridgehead atoms. The zero-order valence-corrected chi connectivity index (χ0v) is 16.5. The van der Waals surface area contributed by atoms with Crippen LogP contribution in [0.5, 0.6) is 0 Å². The van der Waals surface area contributed by atoms with Gasteiger partial charge in [0.05, 0.1) is 0 Å². The number of carboxylic acids is 1. The fourth-order valence-electron chi connectivity index (χ4n) is 3.60. The van der Waals surface area contributed by atoms with E-state index in [9.17, 15) is 23.5 Å². The van der Waals surface area contributed by atoms with E-state index in [1.807, 2.05) is 12.2 Å². The highest BCUT2D eigenvalue weighted by Gasteiger charge is 2.40. The van der Waals surface area contributed by atoms with Crippen LogP contribution in [0.2, 0.25) is 0 Å². The molecule has 5 nitrogen and oxygen atoms in total. The maximum Gasteiger partial charge on any atom is 0.303 e. The summed E-state index contributed by atoms with van der Waals surface area (Å²) in [6.07, 6.45) is 5.19. The monoisotopic (exact) mass is 409 g/mol. The summed E-state index contributed by atoms with van der Waals surface area (Å²) in [5.41, 5.74) is -0.214. The highest BCUT2D eigenvalue weighted by atomic mass is 19.3. The second kappa shape index (κ2) is 11.0. The van der Waals surface area contributed by atoms with E-state index in [2.05, 4.69) is 0 Å². The van der Waals surface area contributed by atoms with Crippen LogP contribution in [0.15, 0.2) is 42.5 Å². The van der Waals surface area contributed by atoms with Crippen LogP contribution in [0.4, 0.5) is 8.78 Å². The molecule has 2 N–H and O–H groups in total. The Labute approximate surface area is 170 Å². The number of amides is 1. The van der Waals surface area contributed by atoms with Crippen molar-refractivity contribution in [3.05, 3.63) is 48.0 Å². The average molecular weight is 409 g/mol. The van der Waals surface area contributed by atoms with Gasteiger partial charge in [-0.15, -0.1) is 0 Å². The Bertz CT molecular complexity index is 693. The lowest BCUT2D eigenvalue weighted by atomic mass is 9.93. The Morgan fingerprint density at radius 1 is 1.28 bits per heavy atom. The summed E-state index contributed by atoms with van der Waals surface area (Å²) in [6.45, 7) is 0.377. The highest BCUT2D eigenvalue weighted by molar-refractivity contribution is 5.77. The SMILES string of the molecule is O=C(O)CCCC=CCN1C(=O)CCC[C@@H]1CC[C@@H](O)C(F)(F)c1ccccc1. The molecule has 1 aliphatic rings. The van der Waals surface area contributed by atoms with E-state index >= 15 is 0 Å². The molecule has 0 spiro atoms. The highest BCUT2D eigenvalue weighted by Crippen LogP contribution is 2.34. The Morgan fingerprint density at radius 2 is 2.00 bits per heavy atom. The third-order valence-corrected chi connectivity index (χ3v) is 5.27. The lowest BCUT2D eigenvalue weighted by Gasteiger charge is -2.36. The molecule has 7 heteroatoms. The number of aliphatic hydroxyl groups is 1. The van der Waals surface area contributed by atoms with Gasteiger partial charge in [-0.05, 0) is 38.5 Å². The minimum atomic E-state index is -3.34. The van der Waals surface area contributed by atoms with Gasteiger partial charge < -0.3 is 15.1 Å². The number of halogens is 2. The Balaban J connectivity index is 1.89. The van der Waals surface area contributed by atoms with Crippen molar-refractivity contribution in [2.45, 2.75) is 69.4 Å². The van der Waals surface area contributed by atoms with Crippen molar-refractivity contribution in [3.8, 4) is 0 Å². The van der Waals surface area contributed by atoms with Gasteiger partial charge in [0, 0.05) is 31.0 Å². The summed E-state index contributed by atoms with van der Waals surface area (Å²) in [4.78, 5) is 24.5. The predicted octanol–water partition coefficient (Wildman–Crippen LogP) is 4.11. The van der Waals surface area contributed by atoms with E-state index in [0.29, 0.717) is 38.6 Å². The molecule has 1 aromatic rings. The molecular formula is C22H29F2NO4. The predicted molar refractivity (Wildman–Crippen MR) is 106 cm³/mol. The van der Waals surface area contributed by atoms with Gasteiger partial charge in [-0.25, -0.2) is 0 Å². The number of rotatable bonds is 11. The number of benzene rings is 1. The zero-order valence-electron chi connectivity index (χ0n) is 16.5. The molecule has 1 amide bonds. The molecule has 0 radical (unpaired) electrons. The molecule has 1 fully saturated rings. The molecule has 0 aliphatic carbocycles. The summed E-state index contributed by atoms with van der Waals surface area (Å²) in [5, 5.41) is 18.7. The molecule has 0 unspecified atom stereocenters. The standard InChI is InChI=1S/C22H29F2NO4/c23-22(24,17-9-4-3-5-10-17)19(26)15-14-18-11-8-12-20(27)25(18)16-7-2-1-6-13-21(28)29/h2-5,7,9-10,18-19,26H,1,6,8,11-16H2,(H,28,29)/t18-,19-/m1/s1. The van der Waals surface area contributed by atoms with E-state index in [1.54, 1.807) is 11.0 Å². The van der Waals surface area contributed by atoms with Crippen LogP contribution in [-0.2, 0) is 15.5 Å². The Hall–Kier alpha value is -2.28. The number of allylic oxidation sites excluding steroid dienone is 1. The minimum Gasteiger partial charge on any atom is -0.481 e. The second-order valence-electron chi connectivity index (χ2n) is 7.43. The van der Waals surface area contributed by atoms with Crippen LogP contribution in [0.3, 0.4) is 0 Å². The third kappa shape index (κ3) is 6.92. The van der Waals surface area contributed by atoms with Gasteiger partial charge >= 0.3 is 5.97 Å². The van der Waals surface area contributed by atoms with Gasteiger partial charge in [0.15, 0.2) is 0 Å². The van der Waals surface area contributed by atoms with Crippen molar-refractivity contribution in [3.63, 3.8) is 0 Å². The molecule has 1 heterocycles. The number of hydrogen-bond acceptors (Lipinski definition) is 3. The number of nitrogens with zero attached hydrogens (tertiary/aromatic N) is 1. The van der Waals surface area contributed by atoms with Crippen molar-refractivity contribution >= 4 is 11.9 Å². The van der Waals surface area contributed by atoms with Crippen LogP contribution in [0, 0.1) is 0 Å². The number of aliphatic hydroxyl groups excluding tert-OH is 1. The van der Waals surface area contributed by atoms with Crippen molar-refractivity contribution in [2.75, 3.05) is 6.54 Å². The van der Waals surface area contributed by atoms with Crippen LogP contribution in [0.25, 0.3) is 0 Å². The molecule has 0 aromatic heterocycles. The van der Waals surface area contributed by atoms with E-state index in [4.69, 9.17) is 5.11 Å². The first-order valence-corrected chi connectivity index (χ1v) is 10.1. The van der Waals surface area contributed by atoms with Crippen molar-refractivity contribution in [1.29, 1.82) is 0 Å². The van der Waals surface area contributed by atoms with Crippen LogP contribution >= 0.6 is 0 Å². The maximum atomic E-state index is 14.5. The number of hydrogen-bond donors (Lipinski definition) is 2. The number of carboxylic acid groups (broad SMARTS) is 1. The van der Waals surface area contributed by atoms with Gasteiger partial charge in [0.1, 0.15) is 6.10 Å². The molecule has 2 atom stereocenters. The number of likely N-dealkylation sites (tertiary alicyclic amines) is 1. The van der Waals surface area contributed by atoms with Crippen molar-refractivity contribution in [2.24, 2.45) is 0 Å².